The third-order valence-corrected chi connectivity index (χ3v) is 4.09. The summed E-state index contributed by atoms with van der Waals surface area (Å²) in [5, 5.41) is 0. The maximum absolute atomic E-state index is 12.1. The molecule has 2 aliphatic heterocycles. The van der Waals surface area contributed by atoms with Gasteiger partial charge in [-0.05, 0) is 6.92 Å². The quantitative estimate of drug-likeness (QED) is 0.440. The lowest BCUT2D eigenvalue weighted by atomic mass is 10.1. The van der Waals surface area contributed by atoms with E-state index in [0.717, 1.165) is 0 Å². The molecule has 2 aliphatic rings. The van der Waals surface area contributed by atoms with Crippen LogP contribution in [0.1, 0.15) is 34.1 Å². The minimum Gasteiger partial charge on any atom is -0.463 e. The lowest BCUT2D eigenvalue weighted by Crippen LogP contribution is -2.44. The molecule has 0 N–H and O–H groups in total. The zero-order chi connectivity index (χ0) is 21.6. The van der Waals surface area contributed by atoms with Gasteiger partial charge >= 0.3 is 23.9 Å². The summed E-state index contributed by atoms with van der Waals surface area (Å²) in [7, 11) is 0. The number of esters is 4. The standard InChI is InChI=1S/C19H25NO9/c1-5-25-19(24)14-7-6-8-20(9-14)18-17(28-13(4)23)16(27-12(3)22)15(29-18)10-26-11(2)21/h6,8-9,15-18H,5,7,10H2,1-4H3/t15-,16?,17+,18-/m1/s1. The summed E-state index contributed by atoms with van der Waals surface area (Å²) < 4.78 is 26.6. The number of ether oxygens (including phenoxy) is 5. The third kappa shape index (κ3) is 6.05. The van der Waals surface area contributed by atoms with Gasteiger partial charge < -0.3 is 28.6 Å². The largest absolute Gasteiger partial charge is 0.463 e. The van der Waals surface area contributed by atoms with E-state index in [1.165, 1.54) is 31.9 Å². The van der Waals surface area contributed by atoms with E-state index in [2.05, 4.69) is 0 Å². The molecular weight excluding hydrogens is 386 g/mol. The highest BCUT2D eigenvalue weighted by molar-refractivity contribution is 5.88. The Kier molecular flexibility index (Phi) is 7.77. The molecule has 2 rings (SSSR count). The van der Waals surface area contributed by atoms with Gasteiger partial charge in [-0.2, -0.15) is 0 Å². The van der Waals surface area contributed by atoms with Crippen molar-refractivity contribution in [3.05, 3.63) is 24.0 Å². The summed E-state index contributed by atoms with van der Waals surface area (Å²) in [6.07, 6.45) is 1.47. The summed E-state index contributed by atoms with van der Waals surface area (Å²) >= 11 is 0. The molecule has 29 heavy (non-hydrogen) atoms. The Balaban J connectivity index is 2.31. The van der Waals surface area contributed by atoms with E-state index in [4.69, 9.17) is 23.7 Å². The van der Waals surface area contributed by atoms with E-state index < -0.39 is 48.4 Å². The highest BCUT2D eigenvalue weighted by Crippen LogP contribution is 2.32. The van der Waals surface area contributed by atoms with Crippen LogP contribution in [0.15, 0.2) is 24.0 Å². The fourth-order valence-electron chi connectivity index (χ4n) is 3.03. The topological polar surface area (TPSA) is 118 Å². The van der Waals surface area contributed by atoms with Crippen LogP contribution in [0.3, 0.4) is 0 Å². The van der Waals surface area contributed by atoms with Crippen molar-refractivity contribution >= 4 is 23.9 Å². The summed E-state index contributed by atoms with van der Waals surface area (Å²) in [6.45, 7) is 5.39. The molecule has 2 heterocycles. The van der Waals surface area contributed by atoms with Crippen LogP contribution in [0.5, 0.6) is 0 Å². The summed E-state index contributed by atoms with van der Waals surface area (Å²) in [4.78, 5) is 48.0. The van der Waals surface area contributed by atoms with Gasteiger partial charge in [0.15, 0.2) is 18.4 Å². The van der Waals surface area contributed by atoms with Gasteiger partial charge in [0.05, 0.1) is 12.2 Å². The van der Waals surface area contributed by atoms with Gasteiger partial charge in [0.1, 0.15) is 12.7 Å². The maximum Gasteiger partial charge on any atom is 0.335 e. The normalized spacial score (nSPS) is 25.8. The summed E-state index contributed by atoms with van der Waals surface area (Å²) in [6, 6.07) is 0. The molecule has 1 unspecified atom stereocenters. The summed E-state index contributed by atoms with van der Waals surface area (Å²) in [5.74, 6) is -2.23. The SMILES string of the molecule is CCOC(=O)C1=CN([C@@H]2O[C@H](COC(C)=O)C(OC(C)=O)[C@@H]2OC(C)=O)C=CC1. The van der Waals surface area contributed by atoms with Crippen LogP contribution < -0.4 is 0 Å². The molecule has 0 radical (unpaired) electrons. The van der Waals surface area contributed by atoms with Crippen molar-refractivity contribution < 1.29 is 42.9 Å². The number of hydrogen-bond donors (Lipinski definition) is 0. The third-order valence-electron chi connectivity index (χ3n) is 4.09. The van der Waals surface area contributed by atoms with Crippen molar-refractivity contribution in [1.82, 2.24) is 4.90 Å². The predicted molar refractivity (Wildman–Crippen MR) is 96.7 cm³/mol. The van der Waals surface area contributed by atoms with E-state index in [-0.39, 0.29) is 13.2 Å². The molecule has 0 aromatic heterocycles. The first kappa shape index (κ1) is 22.4. The highest BCUT2D eigenvalue weighted by atomic mass is 16.7. The molecule has 1 fully saturated rings. The first-order valence-electron chi connectivity index (χ1n) is 9.18. The Bertz CT molecular complexity index is 714. The minimum absolute atomic E-state index is 0.201. The van der Waals surface area contributed by atoms with Crippen LogP contribution in [0, 0.1) is 0 Å². The fraction of sp³-hybridized carbons (Fsp3) is 0.579. The Hall–Kier alpha value is -2.88. The number of nitrogens with zero attached hydrogens (tertiary/aromatic N) is 1. The molecule has 0 aliphatic carbocycles. The van der Waals surface area contributed by atoms with Crippen LogP contribution in [0.2, 0.25) is 0 Å². The minimum atomic E-state index is -1.01. The Morgan fingerprint density at radius 3 is 2.28 bits per heavy atom. The monoisotopic (exact) mass is 411 g/mol. The van der Waals surface area contributed by atoms with Crippen molar-refractivity contribution in [1.29, 1.82) is 0 Å². The fourth-order valence-corrected chi connectivity index (χ4v) is 3.03. The van der Waals surface area contributed by atoms with Gasteiger partial charge in [0.2, 0.25) is 0 Å². The van der Waals surface area contributed by atoms with Gasteiger partial charge in [-0.1, -0.05) is 6.08 Å². The molecule has 1 saturated heterocycles. The maximum atomic E-state index is 12.1. The van der Waals surface area contributed by atoms with Gasteiger partial charge in [0.25, 0.3) is 0 Å². The molecule has 0 aromatic rings. The molecule has 0 amide bonds. The molecule has 10 nitrogen and oxygen atoms in total. The van der Waals surface area contributed by atoms with Crippen molar-refractivity contribution in [3.63, 3.8) is 0 Å². The van der Waals surface area contributed by atoms with E-state index >= 15 is 0 Å². The van der Waals surface area contributed by atoms with E-state index in [9.17, 15) is 19.2 Å². The van der Waals surface area contributed by atoms with Crippen LogP contribution in [0.4, 0.5) is 0 Å². The molecule has 0 saturated carbocycles. The Morgan fingerprint density at radius 1 is 1.03 bits per heavy atom. The van der Waals surface area contributed by atoms with Gasteiger partial charge in [0, 0.05) is 39.6 Å². The van der Waals surface area contributed by atoms with Gasteiger partial charge in [-0.15, -0.1) is 0 Å². The van der Waals surface area contributed by atoms with Crippen LogP contribution in [-0.4, -0.2) is 66.5 Å². The molecule has 10 heteroatoms. The van der Waals surface area contributed by atoms with Crippen molar-refractivity contribution in [3.8, 4) is 0 Å². The average molecular weight is 411 g/mol. The van der Waals surface area contributed by atoms with E-state index in [1.54, 1.807) is 19.2 Å². The van der Waals surface area contributed by atoms with Crippen LogP contribution in [-0.2, 0) is 42.9 Å². The molecule has 4 atom stereocenters. The molecular formula is C19H25NO9. The number of allylic oxidation sites excluding steroid dienone is 1. The number of rotatable bonds is 7. The Labute approximate surface area is 168 Å². The number of hydrogen-bond acceptors (Lipinski definition) is 10. The van der Waals surface area contributed by atoms with Crippen molar-refractivity contribution in [2.75, 3.05) is 13.2 Å². The second-order valence-electron chi connectivity index (χ2n) is 6.43. The van der Waals surface area contributed by atoms with Gasteiger partial charge in [-0.3, -0.25) is 14.4 Å². The predicted octanol–water partition coefficient (Wildman–Crippen LogP) is 0.804. The van der Waals surface area contributed by atoms with Crippen molar-refractivity contribution in [2.45, 2.75) is 58.7 Å². The second kappa shape index (κ2) is 10.1. The first-order chi connectivity index (χ1) is 13.7. The van der Waals surface area contributed by atoms with E-state index in [1.807, 2.05) is 0 Å². The smallest absolute Gasteiger partial charge is 0.335 e. The average Bonchev–Trinajstić information content (AvgIpc) is 2.96. The molecule has 0 bridgehead atoms. The lowest BCUT2D eigenvalue weighted by molar-refractivity contribution is -0.166. The second-order valence-corrected chi connectivity index (χ2v) is 6.43. The number of carbonyl (C=O) groups excluding carboxylic acids is 4. The van der Waals surface area contributed by atoms with Gasteiger partial charge in [-0.25, -0.2) is 4.79 Å². The Morgan fingerprint density at radius 2 is 1.69 bits per heavy atom. The molecule has 0 spiro atoms. The zero-order valence-corrected chi connectivity index (χ0v) is 16.8. The molecule has 160 valence electrons. The summed E-state index contributed by atoms with van der Waals surface area (Å²) in [5.41, 5.74) is 0.381. The van der Waals surface area contributed by atoms with E-state index in [0.29, 0.717) is 12.0 Å². The van der Waals surface area contributed by atoms with Crippen LogP contribution >= 0.6 is 0 Å². The van der Waals surface area contributed by atoms with Crippen molar-refractivity contribution in [2.24, 2.45) is 0 Å². The zero-order valence-electron chi connectivity index (χ0n) is 16.8. The van der Waals surface area contributed by atoms with Crippen LogP contribution in [0.25, 0.3) is 0 Å². The highest BCUT2D eigenvalue weighted by Gasteiger charge is 2.51. The first-order valence-corrected chi connectivity index (χ1v) is 9.18. The lowest BCUT2D eigenvalue weighted by Gasteiger charge is -2.30. The number of carbonyl (C=O) groups is 4. The molecule has 0 aromatic carbocycles.